The number of nitrogens with zero attached hydrogens (tertiary/aromatic N) is 1. The molecule has 1 aromatic heterocycles. The number of rotatable bonds is 10. The first-order chi connectivity index (χ1) is 16.5. The molecule has 0 aliphatic heterocycles. The van der Waals surface area contributed by atoms with Crippen molar-refractivity contribution in [3.05, 3.63) is 59.8 Å². The average molecular weight is 496 g/mol. The number of carbonyl (C=O) groups is 1. The molecule has 0 radical (unpaired) electrons. The number of hydrogen-bond donors (Lipinski definition) is 0. The summed E-state index contributed by atoms with van der Waals surface area (Å²) >= 11 is 0. The van der Waals surface area contributed by atoms with Crippen LogP contribution in [0.15, 0.2) is 43.0 Å². The Bertz CT molecular complexity index is 1210. The number of carbonyl (C=O) groups excluding carboxylic acids is 1. The van der Waals surface area contributed by atoms with Crippen molar-refractivity contribution in [3.8, 4) is 17.2 Å². The second-order valence-electron chi connectivity index (χ2n) is 10.1. The van der Waals surface area contributed by atoms with E-state index in [0.717, 1.165) is 28.3 Å². The summed E-state index contributed by atoms with van der Waals surface area (Å²) in [5.41, 5.74) is 3.84. The van der Waals surface area contributed by atoms with E-state index in [1.165, 1.54) is 0 Å². The van der Waals surface area contributed by atoms with Crippen molar-refractivity contribution >= 4 is 31.2 Å². The zero-order valence-corrected chi connectivity index (χ0v) is 23.2. The monoisotopic (exact) mass is 495 g/mol. The maximum Gasteiger partial charge on any atom is 0.203 e. The van der Waals surface area contributed by atoms with Gasteiger partial charge in [-0.1, -0.05) is 45.5 Å². The van der Waals surface area contributed by atoms with Gasteiger partial charge < -0.3 is 23.2 Å². The summed E-state index contributed by atoms with van der Waals surface area (Å²) in [6, 6.07) is 11.7. The van der Waals surface area contributed by atoms with E-state index in [1.54, 1.807) is 21.3 Å². The quantitative estimate of drug-likeness (QED) is 0.235. The van der Waals surface area contributed by atoms with Crippen LogP contribution in [0.4, 0.5) is 0 Å². The van der Waals surface area contributed by atoms with Crippen molar-refractivity contribution in [2.24, 2.45) is 0 Å². The summed E-state index contributed by atoms with van der Waals surface area (Å²) in [5, 5.41) is 1.14. The minimum Gasteiger partial charge on any atom is -0.493 e. The van der Waals surface area contributed by atoms with Crippen molar-refractivity contribution < 1.29 is 23.4 Å². The molecule has 1 heterocycles. The molecular formula is C28H37NO5Si. The fourth-order valence-electron chi connectivity index (χ4n) is 4.01. The summed E-state index contributed by atoms with van der Waals surface area (Å²) in [6.45, 7) is 16.1. The van der Waals surface area contributed by atoms with Gasteiger partial charge in [0.1, 0.15) is 0 Å². The predicted molar refractivity (Wildman–Crippen MR) is 145 cm³/mol. The lowest BCUT2D eigenvalue weighted by atomic mass is 10.1. The summed E-state index contributed by atoms with van der Waals surface area (Å²) in [4.78, 5) is 12.5. The fraction of sp³-hybridized carbons (Fsp3) is 0.393. The molecule has 7 heteroatoms. The number of aromatic nitrogens is 1. The molecule has 0 N–H and O–H groups in total. The van der Waals surface area contributed by atoms with Crippen LogP contribution in [-0.4, -0.2) is 47.1 Å². The normalized spacial score (nSPS) is 12.0. The van der Waals surface area contributed by atoms with Gasteiger partial charge in [0.2, 0.25) is 5.75 Å². The van der Waals surface area contributed by atoms with E-state index >= 15 is 0 Å². The number of aldehydes is 1. The molecule has 3 rings (SSSR count). The molecule has 0 amide bonds. The molecule has 188 valence electrons. The number of benzene rings is 2. The van der Waals surface area contributed by atoms with Gasteiger partial charge in [-0.15, -0.1) is 0 Å². The van der Waals surface area contributed by atoms with Gasteiger partial charge in [-0.2, -0.15) is 0 Å². The topological polar surface area (TPSA) is 58.9 Å². The number of ether oxygens (including phenoxy) is 3. The van der Waals surface area contributed by atoms with Crippen molar-refractivity contribution in [2.45, 2.75) is 45.3 Å². The Labute approximate surface area is 209 Å². The van der Waals surface area contributed by atoms with Gasteiger partial charge >= 0.3 is 0 Å². The molecule has 0 fully saturated rings. The highest BCUT2D eigenvalue weighted by molar-refractivity contribution is 6.74. The van der Waals surface area contributed by atoms with E-state index in [4.69, 9.17) is 18.6 Å². The minimum atomic E-state index is -1.90. The summed E-state index contributed by atoms with van der Waals surface area (Å²) in [5.74, 6) is 1.55. The van der Waals surface area contributed by atoms with E-state index in [-0.39, 0.29) is 5.04 Å². The molecule has 0 spiro atoms. The van der Waals surface area contributed by atoms with Gasteiger partial charge in [0.05, 0.1) is 32.5 Å². The van der Waals surface area contributed by atoms with Crippen LogP contribution in [0.25, 0.3) is 16.6 Å². The third kappa shape index (κ3) is 5.02. The van der Waals surface area contributed by atoms with Crippen LogP contribution in [0.2, 0.25) is 18.1 Å². The standard InChI is InChI=1S/C28H37NO5Si/c1-19(20-16-25(31-5)27(33-7)26(17-20)32-6)29-23-13-11-10-12-21(23)22(24(29)18-30)14-15-34-35(8,9)28(2,3)4/h10-13,16-18H,1,14-15H2,2-9H3. The van der Waals surface area contributed by atoms with Gasteiger partial charge in [0.15, 0.2) is 26.1 Å². The molecule has 0 atom stereocenters. The maximum absolute atomic E-state index is 12.5. The van der Waals surface area contributed by atoms with Crippen LogP contribution in [-0.2, 0) is 10.8 Å². The Morgan fingerprint density at radius 1 is 1.03 bits per heavy atom. The first-order valence-corrected chi connectivity index (χ1v) is 14.6. The third-order valence-electron chi connectivity index (χ3n) is 7.02. The van der Waals surface area contributed by atoms with Crippen molar-refractivity contribution in [2.75, 3.05) is 27.9 Å². The van der Waals surface area contributed by atoms with Gasteiger partial charge in [-0.3, -0.25) is 4.79 Å². The van der Waals surface area contributed by atoms with Gasteiger partial charge in [-0.05, 0) is 48.3 Å². The van der Waals surface area contributed by atoms with Gasteiger partial charge in [0.25, 0.3) is 0 Å². The van der Waals surface area contributed by atoms with E-state index in [9.17, 15) is 4.79 Å². The average Bonchev–Trinajstić information content (AvgIpc) is 3.15. The molecule has 3 aromatic rings. The van der Waals surface area contributed by atoms with Crippen molar-refractivity contribution in [1.29, 1.82) is 0 Å². The highest BCUT2D eigenvalue weighted by Crippen LogP contribution is 2.41. The fourth-order valence-corrected chi connectivity index (χ4v) is 5.05. The number of fused-ring (bicyclic) bond motifs is 1. The first-order valence-electron chi connectivity index (χ1n) is 11.7. The number of methoxy groups -OCH3 is 3. The minimum absolute atomic E-state index is 0.120. The lowest BCUT2D eigenvalue weighted by Gasteiger charge is -2.36. The molecule has 0 aliphatic rings. The van der Waals surface area contributed by atoms with Crippen LogP contribution >= 0.6 is 0 Å². The molecule has 0 unspecified atom stereocenters. The van der Waals surface area contributed by atoms with Gasteiger partial charge in [0, 0.05) is 23.3 Å². The second-order valence-corrected chi connectivity index (χ2v) is 14.9. The van der Waals surface area contributed by atoms with Crippen LogP contribution in [0.3, 0.4) is 0 Å². The maximum atomic E-state index is 12.5. The van der Waals surface area contributed by atoms with Crippen molar-refractivity contribution in [3.63, 3.8) is 0 Å². The van der Waals surface area contributed by atoms with Gasteiger partial charge in [-0.25, -0.2) is 0 Å². The van der Waals surface area contributed by atoms with E-state index < -0.39 is 8.32 Å². The first kappa shape index (κ1) is 26.6. The molecule has 0 aliphatic carbocycles. The molecule has 6 nitrogen and oxygen atoms in total. The Morgan fingerprint density at radius 2 is 1.63 bits per heavy atom. The van der Waals surface area contributed by atoms with Crippen LogP contribution in [0.1, 0.15) is 42.4 Å². The van der Waals surface area contributed by atoms with Crippen LogP contribution < -0.4 is 14.2 Å². The Balaban J connectivity index is 2.09. The summed E-state index contributed by atoms with van der Waals surface area (Å²) < 4.78 is 24.9. The number of para-hydroxylation sites is 1. The highest BCUT2D eigenvalue weighted by Gasteiger charge is 2.37. The SMILES string of the molecule is C=C(c1cc(OC)c(OC)c(OC)c1)n1c(C=O)c(CCO[Si](C)(C)C(C)(C)C)c2ccccc21. The predicted octanol–water partition coefficient (Wildman–Crippen LogP) is 6.56. The zero-order chi connectivity index (χ0) is 26.0. The second kappa shape index (κ2) is 10.3. The third-order valence-corrected chi connectivity index (χ3v) is 11.6. The zero-order valence-electron chi connectivity index (χ0n) is 22.2. The summed E-state index contributed by atoms with van der Waals surface area (Å²) in [7, 11) is 2.81. The molecule has 0 saturated carbocycles. The lowest BCUT2D eigenvalue weighted by Crippen LogP contribution is -2.41. The molecular weight excluding hydrogens is 458 g/mol. The molecule has 2 aromatic carbocycles. The summed E-state index contributed by atoms with van der Waals surface area (Å²) in [6.07, 6.45) is 1.54. The number of hydrogen-bond acceptors (Lipinski definition) is 5. The lowest BCUT2D eigenvalue weighted by molar-refractivity contribution is 0.111. The molecule has 0 bridgehead atoms. The molecule has 0 saturated heterocycles. The van der Waals surface area contributed by atoms with E-state index in [2.05, 4.69) is 40.4 Å². The Hall–Kier alpha value is -3.03. The molecule has 35 heavy (non-hydrogen) atoms. The van der Waals surface area contributed by atoms with Crippen molar-refractivity contribution in [1.82, 2.24) is 4.57 Å². The van der Waals surface area contributed by atoms with Crippen LogP contribution in [0, 0.1) is 0 Å². The smallest absolute Gasteiger partial charge is 0.203 e. The highest BCUT2D eigenvalue weighted by atomic mass is 28.4. The Kier molecular flexibility index (Phi) is 7.82. The Morgan fingerprint density at radius 3 is 2.14 bits per heavy atom. The largest absolute Gasteiger partial charge is 0.493 e. The van der Waals surface area contributed by atoms with E-state index in [0.29, 0.717) is 41.7 Å². The van der Waals surface area contributed by atoms with Crippen LogP contribution in [0.5, 0.6) is 17.2 Å². The van der Waals surface area contributed by atoms with E-state index in [1.807, 2.05) is 41.0 Å².